The maximum absolute atomic E-state index is 12.5. The van der Waals surface area contributed by atoms with Gasteiger partial charge in [0.15, 0.2) is 0 Å². The van der Waals surface area contributed by atoms with Crippen molar-refractivity contribution in [1.29, 1.82) is 5.26 Å². The standard InChI is InChI=1S/C15H9ClN2O2S2/c16-11-3-6-13-14(7-11)21-9-15(13)22(19,20)18-12-4-1-10(8-17)2-5-12/h1-7,9,18H. The van der Waals surface area contributed by atoms with Crippen LogP contribution in [0.3, 0.4) is 0 Å². The Morgan fingerprint density at radius 3 is 2.55 bits per heavy atom. The molecule has 7 heteroatoms. The fraction of sp³-hybridized carbons (Fsp3) is 0. The third-order valence-corrected chi connectivity index (χ3v) is 5.81. The molecule has 1 N–H and O–H groups in total. The Balaban J connectivity index is 1.99. The summed E-state index contributed by atoms with van der Waals surface area (Å²) in [6.07, 6.45) is 0. The van der Waals surface area contributed by atoms with Crippen molar-refractivity contribution in [3.8, 4) is 6.07 Å². The number of nitrogens with zero attached hydrogens (tertiary/aromatic N) is 1. The van der Waals surface area contributed by atoms with Crippen LogP contribution in [0.1, 0.15) is 5.56 Å². The largest absolute Gasteiger partial charge is 0.280 e. The van der Waals surface area contributed by atoms with E-state index in [1.807, 2.05) is 6.07 Å². The van der Waals surface area contributed by atoms with E-state index >= 15 is 0 Å². The predicted octanol–water partition coefficient (Wildman–Crippen LogP) is 4.23. The average molecular weight is 349 g/mol. The van der Waals surface area contributed by atoms with Crippen molar-refractivity contribution in [1.82, 2.24) is 0 Å². The summed E-state index contributed by atoms with van der Waals surface area (Å²) in [5, 5.41) is 11.5. The van der Waals surface area contributed by atoms with Crippen LogP contribution in [0.25, 0.3) is 10.1 Å². The fourth-order valence-corrected chi connectivity index (χ4v) is 4.85. The third-order valence-electron chi connectivity index (χ3n) is 3.06. The second-order valence-corrected chi connectivity index (χ2v) is 7.53. The summed E-state index contributed by atoms with van der Waals surface area (Å²) in [6.45, 7) is 0. The van der Waals surface area contributed by atoms with Gasteiger partial charge in [-0.3, -0.25) is 4.72 Å². The van der Waals surface area contributed by atoms with Crippen LogP contribution in [-0.4, -0.2) is 8.42 Å². The van der Waals surface area contributed by atoms with Crippen molar-refractivity contribution < 1.29 is 8.42 Å². The molecular weight excluding hydrogens is 340 g/mol. The van der Waals surface area contributed by atoms with Crippen LogP contribution in [0.4, 0.5) is 5.69 Å². The summed E-state index contributed by atoms with van der Waals surface area (Å²) in [5.41, 5.74) is 0.880. The highest BCUT2D eigenvalue weighted by Crippen LogP contribution is 2.32. The number of hydrogen-bond acceptors (Lipinski definition) is 4. The Bertz CT molecular complexity index is 987. The molecule has 0 radical (unpaired) electrons. The van der Waals surface area contributed by atoms with Gasteiger partial charge in [0, 0.05) is 26.2 Å². The van der Waals surface area contributed by atoms with Gasteiger partial charge >= 0.3 is 0 Å². The molecule has 22 heavy (non-hydrogen) atoms. The van der Waals surface area contributed by atoms with E-state index in [-0.39, 0.29) is 4.90 Å². The van der Waals surface area contributed by atoms with Gasteiger partial charge in [-0.05, 0) is 36.4 Å². The number of nitriles is 1. The summed E-state index contributed by atoms with van der Waals surface area (Å²) in [7, 11) is -3.69. The minimum Gasteiger partial charge on any atom is -0.280 e. The number of rotatable bonds is 3. The fourth-order valence-electron chi connectivity index (χ4n) is 2.01. The van der Waals surface area contributed by atoms with Crippen LogP contribution < -0.4 is 4.72 Å². The van der Waals surface area contributed by atoms with Crippen molar-refractivity contribution in [2.24, 2.45) is 0 Å². The summed E-state index contributed by atoms with van der Waals surface area (Å²) in [4.78, 5) is 0.216. The number of nitrogens with one attached hydrogen (secondary N) is 1. The molecule has 0 saturated heterocycles. The summed E-state index contributed by atoms with van der Waals surface area (Å²) in [6, 6.07) is 13.3. The second kappa shape index (κ2) is 5.61. The molecule has 0 aliphatic heterocycles. The Labute approximate surface area is 136 Å². The first-order valence-corrected chi connectivity index (χ1v) is 8.93. The average Bonchev–Trinajstić information content (AvgIpc) is 2.91. The van der Waals surface area contributed by atoms with Crippen molar-refractivity contribution in [3.05, 3.63) is 58.4 Å². The molecule has 0 aliphatic carbocycles. The van der Waals surface area contributed by atoms with E-state index in [1.165, 1.54) is 11.3 Å². The molecule has 110 valence electrons. The molecule has 0 fully saturated rings. The van der Waals surface area contributed by atoms with Crippen molar-refractivity contribution in [3.63, 3.8) is 0 Å². The molecule has 0 aliphatic rings. The number of fused-ring (bicyclic) bond motifs is 1. The van der Waals surface area contributed by atoms with Gasteiger partial charge in [0.2, 0.25) is 0 Å². The van der Waals surface area contributed by atoms with E-state index < -0.39 is 10.0 Å². The van der Waals surface area contributed by atoms with Gasteiger partial charge in [-0.1, -0.05) is 17.7 Å². The lowest BCUT2D eigenvalue weighted by atomic mass is 10.2. The van der Waals surface area contributed by atoms with E-state index in [1.54, 1.807) is 47.8 Å². The van der Waals surface area contributed by atoms with Crippen molar-refractivity contribution >= 4 is 48.7 Å². The van der Waals surface area contributed by atoms with E-state index in [2.05, 4.69) is 4.72 Å². The normalized spacial score (nSPS) is 11.3. The SMILES string of the molecule is N#Cc1ccc(NS(=O)(=O)c2csc3cc(Cl)ccc23)cc1. The molecule has 0 bridgehead atoms. The monoisotopic (exact) mass is 348 g/mol. The minimum absolute atomic E-state index is 0.216. The molecule has 0 unspecified atom stereocenters. The number of halogens is 1. The van der Waals surface area contributed by atoms with Gasteiger partial charge in [0.25, 0.3) is 10.0 Å². The lowest BCUT2D eigenvalue weighted by Crippen LogP contribution is -2.12. The molecule has 0 atom stereocenters. The molecular formula is C15H9ClN2O2S2. The van der Waals surface area contributed by atoms with E-state index in [0.29, 0.717) is 21.7 Å². The zero-order valence-corrected chi connectivity index (χ0v) is 13.5. The number of hydrogen-bond donors (Lipinski definition) is 1. The topological polar surface area (TPSA) is 70.0 Å². The predicted molar refractivity (Wildman–Crippen MR) is 88.8 cm³/mol. The van der Waals surface area contributed by atoms with Crippen LogP contribution in [0.5, 0.6) is 0 Å². The maximum Gasteiger partial charge on any atom is 0.263 e. The van der Waals surface area contributed by atoms with Crippen molar-refractivity contribution in [2.45, 2.75) is 4.90 Å². The highest BCUT2D eigenvalue weighted by molar-refractivity contribution is 7.93. The Morgan fingerprint density at radius 1 is 1.14 bits per heavy atom. The minimum atomic E-state index is -3.69. The zero-order valence-electron chi connectivity index (χ0n) is 11.1. The number of thiophene rings is 1. The molecule has 1 heterocycles. The second-order valence-electron chi connectivity index (χ2n) is 4.54. The summed E-state index contributed by atoms with van der Waals surface area (Å²) < 4.78 is 28.4. The van der Waals surface area contributed by atoms with E-state index in [0.717, 1.165) is 4.70 Å². The number of benzene rings is 2. The smallest absolute Gasteiger partial charge is 0.263 e. The third kappa shape index (κ3) is 2.79. The van der Waals surface area contributed by atoms with Gasteiger partial charge in [-0.2, -0.15) is 5.26 Å². The molecule has 2 aromatic carbocycles. The number of sulfonamides is 1. The molecule has 0 spiro atoms. The first kappa shape index (κ1) is 14.9. The van der Waals surface area contributed by atoms with Crippen LogP contribution in [-0.2, 0) is 10.0 Å². The molecule has 3 rings (SSSR count). The summed E-state index contributed by atoms with van der Waals surface area (Å²) >= 11 is 7.24. The lowest BCUT2D eigenvalue weighted by Gasteiger charge is -2.07. The highest BCUT2D eigenvalue weighted by Gasteiger charge is 2.19. The van der Waals surface area contributed by atoms with Crippen LogP contribution in [0, 0.1) is 11.3 Å². The maximum atomic E-state index is 12.5. The molecule has 3 aromatic rings. The van der Waals surface area contributed by atoms with E-state index in [4.69, 9.17) is 16.9 Å². The van der Waals surface area contributed by atoms with Gasteiger partial charge in [0.1, 0.15) is 4.90 Å². The first-order valence-electron chi connectivity index (χ1n) is 6.19. The van der Waals surface area contributed by atoms with Gasteiger partial charge in [-0.25, -0.2) is 8.42 Å². The molecule has 0 saturated carbocycles. The van der Waals surface area contributed by atoms with Gasteiger partial charge in [-0.15, -0.1) is 11.3 Å². The first-order chi connectivity index (χ1) is 10.5. The lowest BCUT2D eigenvalue weighted by molar-refractivity contribution is 0.602. The van der Waals surface area contributed by atoms with Gasteiger partial charge < -0.3 is 0 Å². The highest BCUT2D eigenvalue weighted by atomic mass is 35.5. The Hall–Kier alpha value is -2.07. The van der Waals surface area contributed by atoms with Crippen LogP contribution in [0.15, 0.2) is 52.7 Å². The van der Waals surface area contributed by atoms with E-state index in [9.17, 15) is 8.42 Å². The Morgan fingerprint density at radius 2 is 1.86 bits per heavy atom. The molecule has 1 aromatic heterocycles. The summed E-state index contributed by atoms with van der Waals surface area (Å²) in [5.74, 6) is 0. The number of anilines is 1. The molecule has 4 nitrogen and oxygen atoms in total. The van der Waals surface area contributed by atoms with Gasteiger partial charge in [0.05, 0.1) is 11.6 Å². The Kier molecular flexibility index (Phi) is 3.79. The molecule has 0 amide bonds. The van der Waals surface area contributed by atoms with Crippen molar-refractivity contribution in [2.75, 3.05) is 4.72 Å². The zero-order chi connectivity index (χ0) is 15.7. The van der Waals surface area contributed by atoms with Crippen LogP contribution in [0.2, 0.25) is 5.02 Å². The van der Waals surface area contributed by atoms with Crippen LogP contribution >= 0.6 is 22.9 Å². The quantitative estimate of drug-likeness (QED) is 0.770.